The van der Waals surface area contributed by atoms with Gasteiger partial charge in [-0.05, 0) is 47.9 Å². The standard InChI is InChI=1S/C26H22ClN3O3/c1-15-12-21(31)19(13-20(15)27)23-22-24(29-28-23)26(32)30(14-16-6-4-3-5-7-16)25(22)17-8-10-18(33-2)11-9-17/h3-13,25,31H,14H2,1-2H3,(H,28,29). The van der Waals surface area contributed by atoms with Crippen LogP contribution in [-0.2, 0) is 6.54 Å². The first-order valence-corrected chi connectivity index (χ1v) is 10.9. The van der Waals surface area contributed by atoms with Gasteiger partial charge in [-0.25, -0.2) is 0 Å². The molecule has 0 bridgehead atoms. The van der Waals surface area contributed by atoms with Gasteiger partial charge >= 0.3 is 0 Å². The summed E-state index contributed by atoms with van der Waals surface area (Å²) < 4.78 is 5.32. The third-order valence-electron chi connectivity index (χ3n) is 6.02. The Morgan fingerprint density at radius 3 is 2.55 bits per heavy atom. The topological polar surface area (TPSA) is 78.5 Å². The molecule has 4 aromatic rings. The van der Waals surface area contributed by atoms with Gasteiger partial charge in [-0.3, -0.25) is 9.89 Å². The first kappa shape index (κ1) is 21.1. The van der Waals surface area contributed by atoms with E-state index in [1.165, 1.54) is 0 Å². The Labute approximate surface area is 196 Å². The number of hydrogen-bond acceptors (Lipinski definition) is 4. The summed E-state index contributed by atoms with van der Waals surface area (Å²) >= 11 is 6.36. The lowest BCUT2D eigenvalue weighted by Gasteiger charge is -2.26. The number of hydrogen-bond donors (Lipinski definition) is 2. The number of nitrogens with zero attached hydrogens (tertiary/aromatic N) is 2. The highest BCUT2D eigenvalue weighted by Crippen LogP contribution is 2.46. The summed E-state index contributed by atoms with van der Waals surface area (Å²) in [5, 5.41) is 18.5. The quantitative estimate of drug-likeness (QED) is 0.413. The second-order valence-electron chi connectivity index (χ2n) is 8.07. The predicted molar refractivity (Wildman–Crippen MR) is 127 cm³/mol. The monoisotopic (exact) mass is 459 g/mol. The lowest BCUT2D eigenvalue weighted by molar-refractivity contribution is 0.0730. The molecule has 2 heterocycles. The molecule has 33 heavy (non-hydrogen) atoms. The van der Waals surface area contributed by atoms with Crippen molar-refractivity contribution in [1.82, 2.24) is 15.1 Å². The summed E-state index contributed by atoms with van der Waals surface area (Å²) in [6.45, 7) is 2.26. The van der Waals surface area contributed by atoms with Gasteiger partial charge in [-0.1, -0.05) is 54.1 Å². The van der Waals surface area contributed by atoms with Crippen LogP contribution in [0.1, 0.15) is 38.8 Å². The molecular weight excluding hydrogens is 438 g/mol. The number of phenolic OH excluding ortho intramolecular Hbond substituents is 1. The van der Waals surface area contributed by atoms with E-state index in [9.17, 15) is 9.90 Å². The molecule has 0 radical (unpaired) electrons. The largest absolute Gasteiger partial charge is 0.507 e. The average molecular weight is 460 g/mol. The van der Waals surface area contributed by atoms with Crippen molar-refractivity contribution in [2.24, 2.45) is 0 Å². The molecule has 1 unspecified atom stereocenters. The van der Waals surface area contributed by atoms with E-state index in [1.807, 2.05) is 66.4 Å². The Morgan fingerprint density at radius 1 is 1.12 bits per heavy atom. The molecule has 7 heteroatoms. The van der Waals surface area contributed by atoms with E-state index in [1.54, 1.807) is 19.2 Å². The molecule has 1 amide bonds. The minimum atomic E-state index is -0.396. The molecule has 2 N–H and O–H groups in total. The number of phenols is 1. The van der Waals surface area contributed by atoms with Gasteiger partial charge in [0.2, 0.25) is 0 Å². The van der Waals surface area contributed by atoms with Crippen molar-refractivity contribution in [2.75, 3.05) is 7.11 Å². The Hall–Kier alpha value is -3.77. The minimum absolute atomic E-state index is 0.0636. The van der Waals surface area contributed by atoms with Crippen LogP contribution < -0.4 is 4.74 Å². The molecule has 3 aromatic carbocycles. The van der Waals surface area contributed by atoms with E-state index in [4.69, 9.17) is 16.3 Å². The van der Waals surface area contributed by atoms with Gasteiger partial charge in [-0.2, -0.15) is 5.10 Å². The van der Waals surface area contributed by atoms with Crippen LogP contribution in [0.4, 0.5) is 0 Å². The van der Waals surface area contributed by atoms with E-state index in [0.717, 1.165) is 28.0 Å². The van der Waals surface area contributed by atoms with Crippen molar-refractivity contribution < 1.29 is 14.6 Å². The van der Waals surface area contributed by atoms with Crippen molar-refractivity contribution in [3.63, 3.8) is 0 Å². The number of aromatic nitrogens is 2. The highest BCUT2D eigenvalue weighted by atomic mass is 35.5. The zero-order chi connectivity index (χ0) is 23.1. The molecular formula is C26H22ClN3O3. The highest BCUT2D eigenvalue weighted by molar-refractivity contribution is 6.31. The lowest BCUT2D eigenvalue weighted by Crippen LogP contribution is -2.29. The van der Waals surface area contributed by atoms with Crippen LogP contribution in [0.3, 0.4) is 0 Å². The summed E-state index contributed by atoms with van der Waals surface area (Å²) in [6.07, 6.45) is 0. The van der Waals surface area contributed by atoms with Crippen molar-refractivity contribution in [3.8, 4) is 22.8 Å². The third-order valence-corrected chi connectivity index (χ3v) is 6.43. The number of aryl methyl sites for hydroxylation is 1. The van der Waals surface area contributed by atoms with Crippen molar-refractivity contribution in [3.05, 3.63) is 99.7 Å². The van der Waals surface area contributed by atoms with Gasteiger partial charge in [0.25, 0.3) is 5.91 Å². The van der Waals surface area contributed by atoms with Crippen LogP contribution in [0.2, 0.25) is 5.02 Å². The third kappa shape index (κ3) is 3.62. The Balaban J connectivity index is 1.67. The number of amides is 1. The number of methoxy groups -OCH3 is 1. The van der Waals surface area contributed by atoms with Crippen LogP contribution >= 0.6 is 11.6 Å². The Bertz CT molecular complexity index is 1330. The highest BCUT2D eigenvalue weighted by Gasteiger charge is 2.42. The number of ether oxygens (including phenoxy) is 1. The second kappa shape index (κ2) is 8.30. The molecule has 1 aromatic heterocycles. The van der Waals surface area contributed by atoms with Gasteiger partial charge in [0.05, 0.1) is 13.2 Å². The van der Waals surface area contributed by atoms with Crippen molar-refractivity contribution in [2.45, 2.75) is 19.5 Å². The first-order valence-electron chi connectivity index (χ1n) is 10.5. The lowest BCUT2D eigenvalue weighted by atomic mass is 9.95. The van der Waals surface area contributed by atoms with Crippen LogP contribution in [0.5, 0.6) is 11.5 Å². The molecule has 0 fully saturated rings. The van der Waals surface area contributed by atoms with Gasteiger partial charge in [0.15, 0.2) is 0 Å². The van der Waals surface area contributed by atoms with Crippen LogP contribution in [0.15, 0.2) is 66.7 Å². The fourth-order valence-electron chi connectivity index (χ4n) is 4.33. The maximum atomic E-state index is 13.5. The number of benzene rings is 3. The second-order valence-corrected chi connectivity index (χ2v) is 8.48. The Morgan fingerprint density at radius 2 is 1.85 bits per heavy atom. The number of halogens is 1. The molecule has 166 valence electrons. The van der Waals surface area contributed by atoms with E-state index in [0.29, 0.717) is 28.5 Å². The molecule has 6 nitrogen and oxygen atoms in total. The van der Waals surface area contributed by atoms with Crippen molar-refractivity contribution >= 4 is 17.5 Å². The molecule has 5 rings (SSSR count). The number of H-pyrrole nitrogens is 1. The van der Waals surface area contributed by atoms with Gasteiger partial charge in [0.1, 0.15) is 22.9 Å². The molecule has 0 aliphatic carbocycles. The summed E-state index contributed by atoms with van der Waals surface area (Å²) in [6, 6.07) is 20.4. The molecule has 1 atom stereocenters. The first-order chi connectivity index (χ1) is 16.0. The van der Waals surface area contributed by atoms with E-state index in [-0.39, 0.29) is 11.7 Å². The molecule has 0 spiro atoms. The molecule has 1 aliphatic heterocycles. The summed E-state index contributed by atoms with van der Waals surface area (Å²) in [4.78, 5) is 15.3. The number of nitrogens with one attached hydrogen (secondary N) is 1. The van der Waals surface area contributed by atoms with Crippen LogP contribution in [0.25, 0.3) is 11.3 Å². The van der Waals surface area contributed by atoms with Gasteiger partial charge in [0, 0.05) is 22.7 Å². The number of carbonyl (C=O) groups excluding carboxylic acids is 1. The number of rotatable bonds is 5. The Kier molecular flexibility index (Phi) is 5.30. The molecule has 0 saturated carbocycles. The average Bonchev–Trinajstić information content (AvgIpc) is 3.36. The maximum absolute atomic E-state index is 13.5. The number of fused-ring (bicyclic) bond motifs is 1. The van der Waals surface area contributed by atoms with Gasteiger partial charge in [-0.15, -0.1) is 0 Å². The van der Waals surface area contributed by atoms with Gasteiger partial charge < -0.3 is 14.7 Å². The van der Waals surface area contributed by atoms with Crippen LogP contribution in [0, 0.1) is 6.92 Å². The number of aromatic amines is 1. The van der Waals surface area contributed by atoms with E-state index < -0.39 is 6.04 Å². The fourth-order valence-corrected chi connectivity index (χ4v) is 4.50. The SMILES string of the molecule is COc1ccc(C2c3c(-c4cc(Cl)c(C)cc4O)n[nH]c3C(=O)N2Cc2ccccc2)cc1. The van der Waals surface area contributed by atoms with E-state index in [2.05, 4.69) is 10.2 Å². The summed E-state index contributed by atoms with van der Waals surface area (Å²) in [7, 11) is 1.62. The molecule has 1 aliphatic rings. The smallest absolute Gasteiger partial charge is 0.273 e. The van der Waals surface area contributed by atoms with E-state index >= 15 is 0 Å². The zero-order valence-electron chi connectivity index (χ0n) is 18.2. The summed E-state index contributed by atoms with van der Waals surface area (Å²) in [5.74, 6) is 0.646. The maximum Gasteiger partial charge on any atom is 0.273 e. The fraction of sp³-hybridized carbons (Fsp3) is 0.154. The summed E-state index contributed by atoms with van der Waals surface area (Å²) in [5.41, 5.74) is 4.82. The normalized spacial score (nSPS) is 15.1. The number of aromatic hydroxyl groups is 1. The predicted octanol–water partition coefficient (Wildman–Crippen LogP) is 5.50. The van der Waals surface area contributed by atoms with Crippen LogP contribution in [-0.4, -0.2) is 33.2 Å². The minimum Gasteiger partial charge on any atom is -0.507 e. The zero-order valence-corrected chi connectivity index (χ0v) is 18.9. The number of carbonyl (C=O) groups is 1. The molecule has 0 saturated heterocycles. The van der Waals surface area contributed by atoms with Crippen molar-refractivity contribution in [1.29, 1.82) is 0 Å².